The zero-order valence-corrected chi connectivity index (χ0v) is 23.5. The van der Waals surface area contributed by atoms with E-state index in [1.54, 1.807) is 29.5 Å². The van der Waals surface area contributed by atoms with E-state index >= 15 is 0 Å². The van der Waals surface area contributed by atoms with Crippen LogP contribution in [0.25, 0.3) is 87.4 Å². The van der Waals surface area contributed by atoms with Gasteiger partial charge in [0.25, 0.3) is 0 Å². The van der Waals surface area contributed by atoms with Crippen LogP contribution in [-0.4, -0.2) is 15.0 Å². The Morgan fingerprint density at radius 2 is 1.18 bits per heavy atom. The molecule has 0 aliphatic rings. The zero-order chi connectivity index (χ0) is 37.7. The summed E-state index contributed by atoms with van der Waals surface area (Å²) in [6, 6.07) is 19.8. The van der Waals surface area contributed by atoms with Crippen LogP contribution in [0, 0.1) is 0 Å². The molecule has 0 amide bonds. The second kappa shape index (κ2) is 9.97. The fourth-order valence-electron chi connectivity index (χ4n) is 5.60. The Hall–Kier alpha value is -5.65. The van der Waals surface area contributed by atoms with Gasteiger partial charge in [0, 0.05) is 47.6 Å². The van der Waals surface area contributed by atoms with Gasteiger partial charge in [0.2, 0.25) is 0 Å². The molecule has 4 nitrogen and oxygen atoms in total. The van der Waals surface area contributed by atoms with Crippen LogP contribution in [0.4, 0.5) is 0 Å². The second-order valence-electron chi connectivity index (χ2n) is 10.1. The molecule has 206 valence electrons. The van der Waals surface area contributed by atoms with Gasteiger partial charge in [-0.05, 0) is 35.4 Å². The number of benzene rings is 6. The van der Waals surface area contributed by atoms with E-state index in [1.807, 2.05) is 36.4 Å². The summed E-state index contributed by atoms with van der Waals surface area (Å²) in [6.07, 6.45) is 0. The maximum Gasteiger partial charge on any atom is 0.164 e. The van der Waals surface area contributed by atoms with Crippen molar-refractivity contribution in [1.82, 2.24) is 15.0 Å². The van der Waals surface area contributed by atoms with Crippen LogP contribution in [0.2, 0.25) is 0 Å². The van der Waals surface area contributed by atoms with Gasteiger partial charge in [-0.25, -0.2) is 15.0 Å². The first kappa shape index (κ1) is 16.8. The first-order valence-electron chi connectivity index (χ1n) is 18.7. The molecular weight excluding hydrogens is 559 g/mol. The number of rotatable bonds is 4. The van der Waals surface area contributed by atoms with Gasteiger partial charge in [0.05, 0.1) is 13.7 Å². The molecule has 0 aliphatic carbocycles. The number of hydrogen-bond acceptors (Lipinski definition) is 5. The van der Waals surface area contributed by atoms with E-state index in [0.717, 1.165) is 21.2 Å². The third-order valence-electron chi connectivity index (χ3n) is 7.54. The lowest BCUT2D eigenvalue weighted by atomic mass is 10.00. The minimum Gasteiger partial charge on any atom is -0.456 e. The monoisotopic (exact) mass is 591 g/mol. The van der Waals surface area contributed by atoms with Gasteiger partial charge in [-0.1, -0.05) is 115 Å². The molecule has 9 aromatic rings. The average molecular weight is 592 g/mol. The van der Waals surface area contributed by atoms with Crippen LogP contribution in [0.5, 0.6) is 0 Å². The molecule has 0 fully saturated rings. The molecule has 0 saturated heterocycles. The summed E-state index contributed by atoms with van der Waals surface area (Å²) in [4.78, 5) is 13.7. The number of hydrogen-bond donors (Lipinski definition) is 0. The first-order valence-corrected chi connectivity index (χ1v) is 14.5. The second-order valence-corrected chi connectivity index (χ2v) is 11.1. The predicted octanol–water partition coefficient (Wildman–Crippen LogP) is 10.8. The lowest BCUT2D eigenvalue weighted by Crippen LogP contribution is -2.00. The number of aromatic nitrogens is 3. The van der Waals surface area contributed by atoms with Crippen LogP contribution < -0.4 is 0 Å². The van der Waals surface area contributed by atoms with Crippen LogP contribution in [0.1, 0.15) is 13.7 Å². The Labute approximate surface area is 271 Å². The molecule has 5 heteroatoms. The van der Waals surface area contributed by atoms with Gasteiger partial charge in [-0.2, -0.15) is 0 Å². The molecule has 0 N–H and O–H groups in total. The lowest BCUT2D eigenvalue weighted by Gasteiger charge is -2.09. The third-order valence-corrected chi connectivity index (χ3v) is 8.76. The fourth-order valence-corrected chi connectivity index (χ4v) is 6.84. The Morgan fingerprint density at radius 1 is 0.523 bits per heavy atom. The molecule has 44 heavy (non-hydrogen) atoms. The van der Waals surface area contributed by atoms with Gasteiger partial charge < -0.3 is 4.42 Å². The van der Waals surface area contributed by atoms with E-state index in [9.17, 15) is 0 Å². The molecule has 3 aromatic heterocycles. The molecule has 0 radical (unpaired) electrons. The van der Waals surface area contributed by atoms with Crippen molar-refractivity contribution in [3.63, 3.8) is 0 Å². The highest BCUT2D eigenvalue weighted by Crippen LogP contribution is 2.42. The number of furan rings is 1. The summed E-state index contributed by atoms with van der Waals surface area (Å²) < 4.78 is 92.6. The summed E-state index contributed by atoms with van der Waals surface area (Å²) in [5.74, 6) is -0.689. The number of nitrogens with zero attached hydrogens (tertiary/aromatic N) is 3. The number of thiophene rings is 1. The Morgan fingerprint density at radius 3 is 1.95 bits per heavy atom. The van der Waals surface area contributed by atoms with Crippen molar-refractivity contribution in [2.24, 2.45) is 0 Å². The molecule has 0 aliphatic heterocycles. The van der Waals surface area contributed by atoms with Crippen molar-refractivity contribution in [3.8, 4) is 45.3 Å². The Bertz CT molecular complexity index is 2940. The predicted molar refractivity (Wildman–Crippen MR) is 182 cm³/mol. The van der Waals surface area contributed by atoms with E-state index in [-0.39, 0.29) is 28.6 Å². The van der Waals surface area contributed by atoms with Gasteiger partial charge in [0.1, 0.15) is 11.2 Å². The minimum atomic E-state index is -0.609. The highest BCUT2D eigenvalue weighted by molar-refractivity contribution is 7.26. The van der Waals surface area contributed by atoms with E-state index in [1.165, 1.54) is 15.5 Å². The Balaban J connectivity index is 1.30. The van der Waals surface area contributed by atoms with Crippen molar-refractivity contribution in [2.45, 2.75) is 0 Å². The van der Waals surface area contributed by atoms with E-state index in [2.05, 4.69) is 39.2 Å². The van der Waals surface area contributed by atoms with E-state index in [0.29, 0.717) is 22.1 Å². The highest BCUT2D eigenvalue weighted by atomic mass is 32.1. The zero-order valence-electron chi connectivity index (χ0n) is 32.7. The summed E-state index contributed by atoms with van der Waals surface area (Å²) in [7, 11) is 0. The van der Waals surface area contributed by atoms with Gasteiger partial charge in [-0.15, -0.1) is 11.3 Å². The molecular formula is C39H23N3OS. The van der Waals surface area contributed by atoms with Crippen molar-refractivity contribution >= 4 is 53.4 Å². The molecule has 3 heterocycles. The minimum absolute atomic E-state index is 0.0268. The quantitative estimate of drug-likeness (QED) is 0.204. The normalized spacial score (nSPS) is 14.8. The molecule has 0 unspecified atom stereocenters. The van der Waals surface area contributed by atoms with Gasteiger partial charge in [0.15, 0.2) is 17.5 Å². The molecule has 6 aromatic carbocycles. The lowest BCUT2D eigenvalue weighted by molar-refractivity contribution is 0.669. The summed E-state index contributed by atoms with van der Waals surface area (Å²) in [5, 5.41) is 3.70. The summed E-state index contributed by atoms with van der Waals surface area (Å²) in [5.41, 5.74) is 2.85. The van der Waals surface area contributed by atoms with E-state index in [4.69, 9.17) is 18.1 Å². The standard InChI is InChI=1S/C39H23N3OS/c1-3-11-24(12-4-1)37-40-38(25-13-5-2-6-14-25)42-39(41-37)31-18-10-19-32-35(31)30-22-21-26(23-33(30)43-32)27-16-9-17-29-28-15-7-8-20-34(28)44-36(27)29/h1-23H/i1D,2D,3D,4D,5D,6D,11D,12D,13D,14D. The summed E-state index contributed by atoms with van der Waals surface area (Å²) in [6.45, 7) is 0. The summed E-state index contributed by atoms with van der Waals surface area (Å²) >= 11 is 1.73. The maximum absolute atomic E-state index is 8.64. The van der Waals surface area contributed by atoms with Crippen molar-refractivity contribution in [2.75, 3.05) is 0 Å². The maximum atomic E-state index is 8.64. The highest BCUT2D eigenvalue weighted by Gasteiger charge is 2.19. The third kappa shape index (κ3) is 4.02. The average Bonchev–Trinajstić information content (AvgIpc) is 3.76. The molecule has 9 rings (SSSR count). The Kier molecular flexibility index (Phi) is 3.82. The SMILES string of the molecule is [2H]c1c([2H])c([2H])c(-c2nc(-c3c([2H])c([2H])c([2H])c([2H])c3[2H])nc(-c3cccc4oc5cc(-c6cccc7c6sc6ccccc67)ccc5c34)n2)c([2H])c1[2H]. The smallest absolute Gasteiger partial charge is 0.164 e. The first-order chi connectivity index (χ1) is 25.9. The van der Waals surface area contributed by atoms with Crippen molar-refractivity contribution in [3.05, 3.63) is 139 Å². The van der Waals surface area contributed by atoms with Crippen LogP contribution >= 0.6 is 11.3 Å². The molecule has 0 bridgehead atoms. The van der Waals surface area contributed by atoms with Crippen molar-refractivity contribution in [1.29, 1.82) is 0 Å². The van der Waals surface area contributed by atoms with E-state index < -0.39 is 60.4 Å². The van der Waals surface area contributed by atoms with Crippen molar-refractivity contribution < 1.29 is 18.1 Å². The van der Waals surface area contributed by atoms with Crippen LogP contribution in [0.3, 0.4) is 0 Å². The topological polar surface area (TPSA) is 51.8 Å². The van der Waals surface area contributed by atoms with Crippen LogP contribution in [0.15, 0.2) is 144 Å². The number of fused-ring (bicyclic) bond motifs is 6. The van der Waals surface area contributed by atoms with Crippen LogP contribution in [-0.2, 0) is 0 Å². The molecule has 0 saturated carbocycles. The van der Waals surface area contributed by atoms with Gasteiger partial charge in [-0.3, -0.25) is 0 Å². The fraction of sp³-hybridized carbons (Fsp3) is 0. The molecule has 0 spiro atoms. The molecule has 0 atom stereocenters. The largest absolute Gasteiger partial charge is 0.456 e. The van der Waals surface area contributed by atoms with Gasteiger partial charge >= 0.3 is 0 Å².